The number of rotatable bonds is 9. The highest BCUT2D eigenvalue weighted by atomic mass is 35.5. The first-order valence-corrected chi connectivity index (χ1v) is 11.2. The van der Waals surface area contributed by atoms with Crippen LogP contribution in [0.25, 0.3) is 0 Å². The average Bonchev–Trinajstić information content (AvgIpc) is 2.71. The molecule has 2 aromatic carbocycles. The molecule has 7 heteroatoms. The summed E-state index contributed by atoms with van der Waals surface area (Å²) in [5, 5.41) is 4.46. The Bertz CT molecular complexity index is 851. The number of benzene rings is 2. The Balaban J connectivity index is 2.34. The predicted octanol–water partition coefficient (Wildman–Crippen LogP) is 5.91. The summed E-state index contributed by atoms with van der Waals surface area (Å²) in [7, 11) is 0. The first kappa shape index (κ1) is 24.5. The summed E-state index contributed by atoms with van der Waals surface area (Å²) < 4.78 is 0. The average molecular weight is 470 g/mol. The lowest BCUT2D eigenvalue weighted by Crippen LogP contribution is -2.51. The van der Waals surface area contributed by atoms with Crippen LogP contribution in [0.3, 0.4) is 0 Å². The van der Waals surface area contributed by atoms with Crippen molar-refractivity contribution >= 4 is 46.6 Å². The van der Waals surface area contributed by atoms with Crippen molar-refractivity contribution in [2.24, 2.45) is 0 Å². The van der Waals surface area contributed by atoms with Crippen molar-refractivity contribution in [2.45, 2.75) is 58.7 Å². The maximum Gasteiger partial charge on any atom is 0.243 e. The van der Waals surface area contributed by atoms with Gasteiger partial charge in [-0.25, -0.2) is 0 Å². The molecule has 0 fully saturated rings. The van der Waals surface area contributed by atoms with Gasteiger partial charge in [0.2, 0.25) is 11.8 Å². The first-order chi connectivity index (χ1) is 14.3. The predicted molar refractivity (Wildman–Crippen MR) is 124 cm³/mol. The van der Waals surface area contributed by atoms with E-state index >= 15 is 0 Å². The highest BCUT2D eigenvalue weighted by molar-refractivity contribution is 6.36. The molecule has 0 unspecified atom stereocenters. The molecule has 0 saturated carbocycles. The molecule has 0 bridgehead atoms. The minimum absolute atomic E-state index is 0.0131. The van der Waals surface area contributed by atoms with E-state index in [-0.39, 0.29) is 30.8 Å². The number of nitrogens with zero attached hydrogens (tertiary/aromatic N) is 1. The lowest BCUT2D eigenvalue weighted by Gasteiger charge is -2.31. The maximum atomic E-state index is 13.4. The molecule has 0 aliphatic rings. The van der Waals surface area contributed by atoms with Gasteiger partial charge in [0.25, 0.3) is 0 Å². The summed E-state index contributed by atoms with van der Waals surface area (Å²) in [5.74, 6) is -0.384. The summed E-state index contributed by atoms with van der Waals surface area (Å²) in [6.07, 6.45) is 1.31. The molecule has 0 aliphatic carbocycles. The van der Waals surface area contributed by atoms with E-state index in [1.807, 2.05) is 32.9 Å². The van der Waals surface area contributed by atoms with Crippen LogP contribution < -0.4 is 5.32 Å². The number of hydrogen-bond donors (Lipinski definition) is 1. The number of carbonyl (C=O) groups is 2. The molecule has 0 radical (unpaired) electrons. The van der Waals surface area contributed by atoms with E-state index in [1.165, 1.54) is 0 Å². The van der Waals surface area contributed by atoms with Crippen molar-refractivity contribution in [3.63, 3.8) is 0 Å². The number of hydrogen-bond acceptors (Lipinski definition) is 2. The Labute approximate surface area is 193 Å². The summed E-state index contributed by atoms with van der Waals surface area (Å²) in [5.41, 5.74) is 1.44. The van der Waals surface area contributed by atoms with Crippen molar-refractivity contribution in [1.29, 1.82) is 0 Å². The van der Waals surface area contributed by atoms with Gasteiger partial charge in [0.1, 0.15) is 6.04 Å². The number of carbonyl (C=O) groups excluding carboxylic acids is 2. The van der Waals surface area contributed by atoms with Crippen molar-refractivity contribution < 1.29 is 9.59 Å². The zero-order valence-electron chi connectivity index (χ0n) is 17.4. The second kappa shape index (κ2) is 11.6. The monoisotopic (exact) mass is 468 g/mol. The van der Waals surface area contributed by atoms with Crippen molar-refractivity contribution in [2.75, 3.05) is 0 Å². The van der Waals surface area contributed by atoms with Gasteiger partial charge in [-0.05, 0) is 55.2 Å². The van der Waals surface area contributed by atoms with E-state index < -0.39 is 6.04 Å². The van der Waals surface area contributed by atoms with Gasteiger partial charge in [0, 0.05) is 27.7 Å². The second-order valence-corrected chi connectivity index (χ2v) is 8.52. The normalized spacial score (nSPS) is 12.9. The van der Waals surface area contributed by atoms with E-state index in [9.17, 15) is 9.59 Å². The van der Waals surface area contributed by atoms with Crippen LogP contribution in [-0.2, 0) is 22.6 Å². The van der Waals surface area contributed by atoms with Crippen LogP contribution in [0.2, 0.25) is 15.1 Å². The smallest absolute Gasteiger partial charge is 0.243 e. The lowest BCUT2D eigenvalue weighted by molar-refractivity contribution is -0.141. The third kappa shape index (κ3) is 6.63. The molecule has 4 nitrogen and oxygen atoms in total. The summed E-state index contributed by atoms with van der Waals surface area (Å²) in [4.78, 5) is 27.9. The van der Waals surface area contributed by atoms with Crippen molar-refractivity contribution in [3.05, 3.63) is 68.7 Å². The van der Waals surface area contributed by atoms with Gasteiger partial charge in [0.05, 0.1) is 6.42 Å². The molecule has 0 saturated heterocycles. The van der Waals surface area contributed by atoms with Gasteiger partial charge in [0.15, 0.2) is 0 Å². The third-order valence-corrected chi connectivity index (χ3v) is 6.00. The van der Waals surface area contributed by atoms with E-state index in [0.29, 0.717) is 27.1 Å². The van der Waals surface area contributed by atoms with Crippen LogP contribution >= 0.6 is 34.8 Å². The van der Waals surface area contributed by atoms with Gasteiger partial charge in [-0.2, -0.15) is 0 Å². The lowest BCUT2D eigenvalue weighted by atomic mass is 10.1. The molecule has 0 spiro atoms. The van der Waals surface area contributed by atoms with Crippen molar-refractivity contribution in [3.8, 4) is 0 Å². The Morgan fingerprint density at radius 2 is 1.57 bits per heavy atom. The molecule has 1 N–H and O–H groups in total. The minimum Gasteiger partial charge on any atom is -0.352 e. The fourth-order valence-electron chi connectivity index (χ4n) is 3.10. The highest BCUT2D eigenvalue weighted by Gasteiger charge is 2.30. The van der Waals surface area contributed by atoms with E-state index in [2.05, 4.69) is 5.32 Å². The molecule has 2 amide bonds. The van der Waals surface area contributed by atoms with Gasteiger partial charge in [-0.15, -0.1) is 0 Å². The molecule has 0 aromatic heterocycles. The van der Waals surface area contributed by atoms with Gasteiger partial charge in [-0.1, -0.05) is 66.8 Å². The van der Waals surface area contributed by atoms with Crippen LogP contribution in [0.5, 0.6) is 0 Å². The zero-order valence-corrected chi connectivity index (χ0v) is 19.7. The Kier molecular flexibility index (Phi) is 9.47. The molecule has 0 heterocycles. The van der Waals surface area contributed by atoms with Crippen LogP contribution in [0, 0.1) is 0 Å². The van der Waals surface area contributed by atoms with Gasteiger partial charge < -0.3 is 10.2 Å². The molecule has 162 valence electrons. The van der Waals surface area contributed by atoms with Crippen LogP contribution in [0.1, 0.15) is 44.7 Å². The molecular formula is C23H27Cl3N2O2. The number of nitrogens with one attached hydrogen (secondary N) is 1. The quantitative estimate of drug-likeness (QED) is 0.496. The zero-order chi connectivity index (χ0) is 22.3. The Morgan fingerprint density at radius 3 is 2.10 bits per heavy atom. The Morgan fingerprint density at radius 1 is 0.967 bits per heavy atom. The van der Waals surface area contributed by atoms with Gasteiger partial charge in [-0.3, -0.25) is 9.59 Å². The molecule has 0 aliphatic heterocycles. The summed E-state index contributed by atoms with van der Waals surface area (Å²) >= 11 is 18.5. The number of amides is 2. The molecule has 2 atom stereocenters. The standard InChI is InChI=1S/C23H27Cl3N2O2/c1-4-15(3)27-23(30)21(5-2)28(14-16-9-11-17(24)12-10-16)22(29)13-18-19(25)7-6-8-20(18)26/h6-12,15,21H,4-5,13-14H2,1-3H3,(H,27,30)/t15-,21-/m0/s1. The van der Waals surface area contributed by atoms with Crippen molar-refractivity contribution in [1.82, 2.24) is 10.2 Å². The SMILES string of the molecule is CC[C@H](C)NC(=O)[C@H](CC)N(Cc1ccc(Cl)cc1)C(=O)Cc1c(Cl)cccc1Cl. The van der Waals surface area contributed by atoms with E-state index in [0.717, 1.165) is 12.0 Å². The topological polar surface area (TPSA) is 49.4 Å². The van der Waals surface area contributed by atoms with E-state index in [1.54, 1.807) is 35.2 Å². The Hall–Kier alpha value is -1.75. The summed E-state index contributed by atoms with van der Waals surface area (Å²) in [6, 6.07) is 11.8. The molecular weight excluding hydrogens is 443 g/mol. The molecule has 2 aromatic rings. The third-order valence-electron chi connectivity index (χ3n) is 5.04. The van der Waals surface area contributed by atoms with E-state index in [4.69, 9.17) is 34.8 Å². The summed E-state index contributed by atoms with van der Waals surface area (Å²) in [6.45, 7) is 6.12. The van der Waals surface area contributed by atoms with Crippen LogP contribution in [0.15, 0.2) is 42.5 Å². The molecule has 2 rings (SSSR count). The van der Waals surface area contributed by atoms with Crippen LogP contribution in [0.4, 0.5) is 0 Å². The largest absolute Gasteiger partial charge is 0.352 e. The first-order valence-electron chi connectivity index (χ1n) is 10.0. The second-order valence-electron chi connectivity index (χ2n) is 7.27. The minimum atomic E-state index is -0.608. The van der Waals surface area contributed by atoms with Gasteiger partial charge >= 0.3 is 0 Å². The fraction of sp³-hybridized carbons (Fsp3) is 0.391. The highest BCUT2D eigenvalue weighted by Crippen LogP contribution is 2.26. The molecule has 30 heavy (non-hydrogen) atoms. The fourth-order valence-corrected chi connectivity index (χ4v) is 3.76. The van der Waals surface area contributed by atoms with Crippen LogP contribution in [-0.4, -0.2) is 28.8 Å². The number of halogens is 3. The maximum absolute atomic E-state index is 13.4.